The van der Waals surface area contributed by atoms with E-state index in [1.165, 1.54) is 5.56 Å². The van der Waals surface area contributed by atoms with Crippen molar-refractivity contribution in [1.82, 2.24) is 19.3 Å². The van der Waals surface area contributed by atoms with Gasteiger partial charge in [0.15, 0.2) is 0 Å². The first-order valence-electron chi connectivity index (χ1n) is 6.02. The Bertz CT molecular complexity index is 471. The predicted octanol–water partition coefficient (Wildman–Crippen LogP) is 1.56. The number of aromatic nitrogens is 4. The second-order valence-corrected chi connectivity index (χ2v) is 4.12. The molecule has 1 atom stereocenters. The van der Waals surface area contributed by atoms with E-state index in [0.717, 1.165) is 25.3 Å². The van der Waals surface area contributed by atoms with Crippen molar-refractivity contribution < 1.29 is 0 Å². The fraction of sp³-hybridized carbons (Fsp3) is 0.500. The van der Waals surface area contributed by atoms with Crippen LogP contribution in [0.1, 0.15) is 37.7 Å². The minimum atomic E-state index is 0.125. The zero-order valence-electron chi connectivity index (χ0n) is 10.4. The summed E-state index contributed by atoms with van der Waals surface area (Å²) in [4.78, 5) is 4.26. The van der Waals surface area contributed by atoms with Gasteiger partial charge in [0.25, 0.3) is 0 Å². The van der Waals surface area contributed by atoms with Gasteiger partial charge in [-0.15, -0.1) is 0 Å². The van der Waals surface area contributed by atoms with Crippen LogP contribution in [0.2, 0.25) is 0 Å². The van der Waals surface area contributed by atoms with E-state index in [-0.39, 0.29) is 6.04 Å². The molecule has 2 aromatic heterocycles. The smallest absolute Gasteiger partial charge is 0.146 e. The van der Waals surface area contributed by atoms with Crippen LogP contribution in [-0.2, 0) is 13.1 Å². The van der Waals surface area contributed by atoms with Crippen LogP contribution in [0.25, 0.3) is 0 Å². The van der Waals surface area contributed by atoms with Crippen LogP contribution >= 0.6 is 0 Å². The van der Waals surface area contributed by atoms with Gasteiger partial charge in [-0.05, 0) is 25.0 Å². The molecule has 5 nitrogen and oxygen atoms in total. The number of aryl methyl sites for hydroxylation is 1. The van der Waals surface area contributed by atoms with E-state index >= 15 is 0 Å². The molecule has 5 heteroatoms. The highest BCUT2D eigenvalue weighted by atomic mass is 15.3. The van der Waals surface area contributed by atoms with Gasteiger partial charge in [0, 0.05) is 25.0 Å². The van der Waals surface area contributed by atoms with Crippen LogP contribution in [0, 0.1) is 0 Å². The maximum Gasteiger partial charge on any atom is 0.146 e. The molecule has 0 aliphatic heterocycles. The van der Waals surface area contributed by atoms with Gasteiger partial charge in [-0.3, -0.25) is 0 Å². The number of nitrogens with two attached hydrogens (primary N) is 1. The zero-order chi connectivity index (χ0) is 12.3. The Morgan fingerprint density at radius 3 is 2.94 bits per heavy atom. The number of rotatable bonds is 5. The summed E-state index contributed by atoms with van der Waals surface area (Å²) in [6.45, 7) is 5.74. The van der Waals surface area contributed by atoms with E-state index in [2.05, 4.69) is 40.8 Å². The van der Waals surface area contributed by atoms with Gasteiger partial charge in [-0.25, -0.2) is 9.67 Å². The Morgan fingerprint density at radius 2 is 2.24 bits per heavy atom. The summed E-state index contributed by atoms with van der Waals surface area (Å²) in [5, 5.41) is 4.16. The average Bonchev–Trinajstić information content (AvgIpc) is 2.97. The van der Waals surface area contributed by atoms with Crippen molar-refractivity contribution in [2.45, 2.75) is 39.4 Å². The lowest BCUT2D eigenvalue weighted by Gasteiger charge is -2.06. The first kappa shape index (κ1) is 11.9. The van der Waals surface area contributed by atoms with E-state index in [1.54, 1.807) is 6.33 Å². The molecule has 0 saturated heterocycles. The molecule has 0 amide bonds. The predicted molar refractivity (Wildman–Crippen MR) is 66.4 cm³/mol. The minimum absolute atomic E-state index is 0.125. The molecule has 2 N–H and O–H groups in total. The molecular formula is C12H19N5. The summed E-state index contributed by atoms with van der Waals surface area (Å²) in [5.74, 6) is 0.972. The lowest BCUT2D eigenvalue weighted by atomic mass is 10.1. The van der Waals surface area contributed by atoms with E-state index in [1.807, 2.05) is 10.9 Å². The van der Waals surface area contributed by atoms with E-state index in [9.17, 15) is 0 Å². The van der Waals surface area contributed by atoms with Gasteiger partial charge in [-0.2, -0.15) is 5.10 Å². The van der Waals surface area contributed by atoms with Gasteiger partial charge in [0.2, 0.25) is 0 Å². The molecule has 0 aromatic carbocycles. The highest BCUT2D eigenvalue weighted by Crippen LogP contribution is 2.14. The van der Waals surface area contributed by atoms with Crippen molar-refractivity contribution in [3.63, 3.8) is 0 Å². The van der Waals surface area contributed by atoms with Crippen molar-refractivity contribution >= 4 is 0 Å². The summed E-state index contributed by atoms with van der Waals surface area (Å²) in [6, 6.07) is 2.20. The quantitative estimate of drug-likeness (QED) is 0.852. The zero-order valence-corrected chi connectivity index (χ0v) is 10.4. The van der Waals surface area contributed by atoms with Crippen molar-refractivity contribution in [2.75, 3.05) is 0 Å². The number of hydrogen-bond acceptors (Lipinski definition) is 3. The minimum Gasteiger partial charge on any atom is -0.346 e. The van der Waals surface area contributed by atoms with Gasteiger partial charge in [-0.1, -0.05) is 6.92 Å². The third-order valence-corrected chi connectivity index (χ3v) is 2.96. The van der Waals surface area contributed by atoms with Crippen molar-refractivity contribution in [1.29, 1.82) is 0 Å². The Labute approximate surface area is 101 Å². The molecule has 0 radical (unpaired) electrons. The molecule has 0 bridgehead atoms. The van der Waals surface area contributed by atoms with E-state index in [4.69, 9.17) is 5.73 Å². The first-order chi connectivity index (χ1) is 8.24. The summed E-state index contributed by atoms with van der Waals surface area (Å²) in [5.41, 5.74) is 7.17. The van der Waals surface area contributed by atoms with Crippen LogP contribution in [0.3, 0.4) is 0 Å². The first-order valence-corrected chi connectivity index (χ1v) is 6.02. The SMILES string of the molecule is CCC(N)c1ccn(Cc2ncnn2CC)c1. The molecule has 0 aliphatic rings. The molecule has 0 spiro atoms. The molecule has 92 valence electrons. The van der Waals surface area contributed by atoms with Gasteiger partial charge >= 0.3 is 0 Å². The third-order valence-electron chi connectivity index (χ3n) is 2.96. The molecule has 2 rings (SSSR count). The van der Waals surface area contributed by atoms with Gasteiger partial charge in [0.05, 0.1) is 6.54 Å². The highest BCUT2D eigenvalue weighted by molar-refractivity contribution is 5.15. The van der Waals surface area contributed by atoms with Gasteiger partial charge < -0.3 is 10.3 Å². The summed E-state index contributed by atoms with van der Waals surface area (Å²) in [6.07, 6.45) is 6.68. The van der Waals surface area contributed by atoms with Crippen LogP contribution < -0.4 is 5.73 Å². The molecule has 0 fully saturated rings. The number of hydrogen-bond donors (Lipinski definition) is 1. The van der Waals surface area contributed by atoms with Crippen molar-refractivity contribution in [3.8, 4) is 0 Å². The lowest BCUT2D eigenvalue weighted by Crippen LogP contribution is -2.09. The van der Waals surface area contributed by atoms with Crippen LogP contribution in [0.5, 0.6) is 0 Å². The molecule has 0 aliphatic carbocycles. The molecule has 0 saturated carbocycles. The maximum absolute atomic E-state index is 5.99. The second kappa shape index (κ2) is 5.14. The largest absolute Gasteiger partial charge is 0.346 e. The Kier molecular flexibility index (Phi) is 3.58. The van der Waals surface area contributed by atoms with Crippen LogP contribution in [0.15, 0.2) is 24.8 Å². The average molecular weight is 233 g/mol. The van der Waals surface area contributed by atoms with Crippen LogP contribution in [-0.4, -0.2) is 19.3 Å². The van der Waals surface area contributed by atoms with Crippen molar-refractivity contribution in [2.24, 2.45) is 5.73 Å². The molecule has 2 aromatic rings. The molecule has 2 heterocycles. The highest BCUT2D eigenvalue weighted by Gasteiger charge is 2.07. The summed E-state index contributed by atoms with van der Waals surface area (Å²) in [7, 11) is 0. The fourth-order valence-corrected chi connectivity index (χ4v) is 1.85. The maximum atomic E-state index is 5.99. The normalized spacial score (nSPS) is 12.9. The summed E-state index contributed by atoms with van der Waals surface area (Å²) >= 11 is 0. The second-order valence-electron chi connectivity index (χ2n) is 4.12. The van der Waals surface area contributed by atoms with Crippen LogP contribution in [0.4, 0.5) is 0 Å². The molecule has 17 heavy (non-hydrogen) atoms. The fourth-order valence-electron chi connectivity index (χ4n) is 1.85. The Hall–Kier alpha value is -1.62. The topological polar surface area (TPSA) is 61.7 Å². The molecule has 1 unspecified atom stereocenters. The lowest BCUT2D eigenvalue weighted by molar-refractivity contribution is 0.591. The van der Waals surface area contributed by atoms with Crippen molar-refractivity contribution in [3.05, 3.63) is 36.2 Å². The Balaban J connectivity index is 2.11. The molecular weight excluding hydrogens is 214 g/mol. The Morgan fingerprint density at radius 1 is 1.41 bits per heavy atom. The number of nitrogens with zero attached hydrogens (tertiary/aromatic N) is 4. The monoisotopic (exact) mass is 233 g/mol. The van der Waals surface area contributed by atoms with E-state index < -0.39 is 0 Å². The summed E-state index contributed by atoms with van der Waals surface area (Å²) < 4.78 is 4.00. The standard InChI is InChI=1S/C12H19N5/c1-3-11(13)10-5-6-16(7-10)8-12-14-9-15-17(12)4-2/h5-7,9,11H,3-4,8,13H2,1-2H3. The van der Waals surface area contributed by atoms with E-state index in [0.29, 0.717) is 0 Å². The third kappa shape index (κ3) is 2.55. The van der Waals surface area contributed by atoms with Gasteiger partial charge in [0.1, 0.15) is 12.2 Å².